The molecule has 1 saturated carbocycles. The van der Waals surface area contributed by atoms with Gasteiger partial charge in [0.05, 0.1) is 5.60 Å². The molecule has 2 heteroatoms. The molecule has 0 aromatic heterocycles. The van der Waals surface area contributed by atoms with Gasteiger partial charge in [-0.2, -0.15) is 11.8 Å². The van der Waals surface area contributed by atoms with Crippen LogP contribution >= 0.6 is 11.8 Å². The van der Waals surface area contributed by atoms with E-state index < -0.39 is 0 Å². The van der Waals surface area contributed by atoms with Gasteiger partial charge < -0.3 is 5.11 Å². The van der Waals surface area contributed by atoms with E-state index in [1.807, 2.05) is 11.8 Å². The predicted molar refractivity (Wildman–Crippen MR) is 44.2 cm³/mol. The summed E-state index contributed by atoms with van der Waals surface area (Å²) in [5, 5.41) is 9.90. The first-order valence-electron chi connectivity index (χ1n) is 4.11. The minimum atomic E-state index is -0.219. The lowest BCUT2D eigenvalue weighted by molar-refractivity contribution is -0.0750. The van der Waals surface area contributed by atoms with Crippen LogP contribution in [0.25, 0.3) is 0 Å². The molecule has 1 aliphatic carbocycles. The van der Waals surface area contributed by atoms with Crippen molar-refractivity contribution in [3.63, 3.8) is 0 Å². The van der Waals surface area contributed by atoms with E-state index in [0.717, 1.165) is 12.8 Å². The van der Waals surface area contributed by atoms with Gasteiger partial charge in [-0.1, -0.05) is 0 Å². The average molecular weight is 158 g/mol. The monoisotopic (exact) mass is 158 g/mol. The molecule has 0 radical (unpaired) electrons. The Labute approximate surface area is 66.2 Å². The smallest absolute Gasteiger partial charge is 0.0684 e. The Morgan fingerprint density at radius 1 is 1.40 bits per heavy atom. The molecule has 0 amide bonds. The summed E-state index contributed by atoms with van der Waals surface area (Å²) in [5.41, 5.74) is -0.219. The van der Waals surface area contributed by atoms with E-state index in [4.69, 9.17) is 0 Å². The second-order valence-electron chi connectivity index (χ2n) is 3.52. The van der Waals surface area contributed by atoms with Crippen molar-refractivity contribution in [2.75, 3.05) is 11.5 Å². The largest absolute Gasteiger partial charge is 0.390 e. The van der Waals surface area contributed by atoms with Gasteiger partial charge in [0.1, 0.15) is 0 Å². The molecule has 58 valence electrons. The Balaban J connectivity index is 1.96. The third-order valence-electron chi connectivity index (χ3n) is 2.91. The summed E-state index contributed by atoms with van der Waals surface area (Å²) in [6, 6.07) is 0. The van der Waals surface area contributed by atoms with Gasteiger partial charge in [-0.25, -0.2) is 0 Å². The summed E-state index contributed by atoms with van der Waals surface area (Å²) in [4.78, 5) is 0. The summed E-state index contributed by atoms with van der Waals surface area (Å²) >= 11 is 2.00. The van der Waals surface area contributed by atoms with Gasteiger partial charge in [-0.05, 0) is 43.1 Å². The molecule has 10 heavy (non-hydrogen) atoms. The molecular weight excluding hydrogens is 144 g/mol. The van der Waals surface area contributed by atoms with E-state index in [1.165, 1.54) is 24.3 Å². The highest BCUT2D eigenvalue weighted by molar-refractivity contribution is 7.99. The fourth-order valence-electron chi connectivity index (χ4n) is 1.91. The maximum atomic E-state index is 9.90. The highest BCUT2D eigenvalue weighted by Gasteiger charge is 2.43. The Kier molecular flexibility index (Phi) is 1.69. The van der Waals surface area contributed by atoms with E-state index in [0.29, 0.717) is 5.92 Å². The normalized spacial score (nSPS) is 37.5. The molecule has 1 unspecified atom stereocenters. The molecule has 1 saturated heterocycles. The van der Waals surface area contributed by atoms with Crippen LogP contribution in [0.5, 0.6) is 0 Å². The summed E-state index contributed by atoms with van der Waals surface area (Å²) < 4.78 is 0. The number of hydrogen-bond acceptors (Lipinski definition) is 2. The van der Waals surface area contributed by atoms with Crippen molar-refractivity contribution in [3.8, 4) is 0 Å². The molecular formula is C8H14OS. The topological polar surface area (TPSA) is 20.2 Å². The van der Waals surface area contributed by atoms with Gasteiger partial charge in [-0.15, -0.1) is 0 Å². The van der Waals surface area contributed by atoms with E-state index >= 15 is 0 Å². The number of rotatable bonds is 1. The van der Waals surface area contributed by atoms with Crippen LogP contribution in [0.4, 0.5) is 0 Å². The van der Waals surface area contributed by atoms with Crippen LogP contribution in [0.15, 0.2) is 0 Å². The van der Waals surface area contributed by atoms with E-state index in [2.05, 4.69) is 0 Å². The SMILES string of the molecule is OC1(C2CCSC2)CCC1. The lowest BCUT2D eigenvalue weighted by Crippen LogP contribution is -2.44. The number of hydrogen-bond donors (Lipinski definition) is 1. The van der Waals surface area contributed by atoms with Crippen LogP contribution < -0.4 is 0 Å². The highest BCUT2D eigenvalue weighted by Crippen LogP contribution is 2.44. The van der Waals surface area contributed by atoms with Crippen molar-refractivity contribution in [1.29, 1.82) is 0 Å². The van der Waals surface area contributed by atoms with Gasteiger partial charge in [-0.3, -0.25) is 0 Å². The van der Waals surface area contributed by atoms with Gasteiger partial charge >= 0.3 is 0 Å². The molecule has 1 heterocycles. The zero-order valence-corrected chi connectivity index (χ0v) is 6.99. The Morgan fingerprint density at radius 3 is 2.60 bits per heavy atom. The molecule has 0 aromatic rings. The van der Waals surface area contributed by atoms with Crippen LogP contribution in [0.2, 0.25) is 0 Å². The first-order chi connectivity index (χ1) is 4.81. The molecule has 1 aliphatic heterocycles. The Hall–Kier alpha value is 0.310. The minimum Gasteiger partial charge on any atom is -0.390 e. The quantitative estimate of drug-likeness (QED) is 0.626. The number of aliphatic hydroxyl groups is 1. The van der Waals surface area contributed by atoms with Crippen LogP contribution in [0, 0.1) is 5.92 Å². The van der Waals surface area contributed by atoms with Crippen LogP contribution in [-0.4, -0.2) is 22.2 Å². The van der Waals surface area contributed by atoms with Crippen molar-refractivity contribution >= 4 is 11.8 Å². The molecule has 1 atom stereocenters. The Morgan fingerprint density at radius 2 is 2.20 bits per heavy atom. The molecule has 2 rings (SSSR count). The van der Waals surface area contributed by atoms with Crippen LogP contribution in [-0.2, 0) is 0 Å². The summed E-state index contributed by atoms with van der Waals surface area (Å²) in [6.07, 6.45) is 4.63. The van der Waals surface area contributed by atoms with Gasteiger partial charge in [0, 0.05) is 0 Å². The first-order valence-corrected chi connectivity index (χ1v) is 5.27. The first kappa shape index (κ1) is 6.99. The molecule has 1 nitrogen and oxygen atoms in total. The maximum Gasteiger partial charge on any atom is 0.0684 e. The highest BCUT2D eigenvalue weighted by atomic mass is 32.2. The van der Waals surface area contributed by atoms with Crippen molar-refractivity contribution in [3.05, 3.63) is 0 Å². The lowest BCUT2D eigenvalue weighted by Gasteiger charge is -2.41. The molecule has 0 spiro atoms. The van der Waals surface area contributed by atoms with Crippen LogP contribution in [0.1, 0.15) is 25.7 Å². The predicted octanol–water partition coefficient (Wildman–Crippen LogP) is 1.65. The molecule has 0 bridgehead atoms. The molecule has 0 aromatic carbocycles. The fourth-order valence-corrected chi connectivity index (χ4v) is 3.28. The van der Waals surface area contributed by atoms with Crippen molar-refractivity contribution in [1.82, 2.24) is 0 Å². The van der Waals surface area contributed by atoms with E-state index in [-0.39, 0.29) is 5.60 Å². The fraction of sp³-hybridized carbons (Fsp3) is 1.00. The molecule has 2 aliphatic rings. The molecule has 2 fully saturated rings. The van der Waals surface area contributed by atoms with Gasteiger partial charge in [0.15, 0.2) is 0 Å². The third-order valence-corrected chi connectivity index (χ3v) is 4.07. The third kappa shape index (κ3) is 0.978. The van der Waals surface area contributed by atoms with E-state index in [1.54, 1.807) is 0 Å². The lowest BCUT2D eigenvalue weighted by atomic mass is 9.71. The summed E-state index contributed by atoms with van der Waals surface area (Å²) in [6.45, 7) is 0. The average Bonchev–Trinajstić information content (AvgIpc) is 2.33. The second kappa shape index (κ2) is 2.42. The summed E-state index contributed by atoms with van der Waals surface area (Å²) in [7, 11) is 0. The maximum absolute atomic E-state index is 9.90. The minimum absolute atomic E-state index is 0.219. The van der Waals surface area contributed by atoms with Crippen molar-refractivity contribution in [2.45, 2.75) is 31.3 Å². The zero-order chi connectivity index (χ0) is 7.03. The van der Waals surface area contributed by atoms with Crippen molar-refractivity contribution in [2.24, 2.45) is 5.92 Å². The Bertz CT molecular complexity index is 125. The van der Waals surface area contributed by atoms with Crippen LogP contribution in [0.3, 0.4) is 0 Å². The van der Waals surface area contributed by atoms with Crippen molar-refractivity contribution < 1.29 is 5.11 Å². The standard InChI is InChI=1S/C8H14OS/c9-8(3-1-4-8)7-2-5-10-6-7/h7,9H,1-6H2. The second-order valence-corrected chi connectivity index (χ2v) is 4.67. The van der Waals surface area contributed by atoms with E-state index in [9.17, 15) is 5.11 Å². The number of thioether (sulfide) groups is 1. The van der Waals surface area contributed by atoms with Gasteiger partial charge in [0.2, 0.25) is 0 Å². The summed E-state index contributed by atoms with van der Waals surface area (Å²) in [5.74, 6) is 3.11. The van der Waals surface area contributed by atoms with Gasteiger partial charge in [0.25, 0.3) is 0 Å². The molecule has 1 N–H and O–H groups in total. The zero-order valence-electron chi connectivity index (χ0n) is 6.18.